The van der Waals surface area contributed by atoms with Gasteiger partial charge in [-0.05, 0) is 31.4 Å². The molecule has 1 fully saturated rings. The van der Waals surface area contributed by atoms with Crippen molar-refractivity contribution in [3.63, 3.8) is 0 Å². The summed E-state index contributed by atoms with van der Waals surface area (Å²) in [6.07, 6.45) is 2.23. The molecule has 1 aromatic carbocycles. The molecule has 2 N–H and O–H groups in total. The number of nitrogens with two attached hydrogens (primary N) is 1. The van der Waals surface area contributed by atoms with Crippen molar-refractivity contribution in [1.29, 1.82) is 0 Å². The van der Waals surface area contributed by atoms with Crippen LogP contribution in [-0.4, -0.2) is 33.4 Å². The van der Waals surface area contributed by atoms with Gasteiger partial charge in [-0.1, -0.05) is 0 Å². The summed E-state index contributed by atoms with van der Waals surface area (Å²) in [5, 5.41) is 0. The van der Waals surface area contributed by atoms with Crippen LogP contribution in [-0.2, 0) is 0 Å². The lowest BCUT2D eigenvalue weighted by atomic mass is 10.1. The number of rotatable bonds is 5. The highest BCUT2D eigenvalue weighted by atomic mass is 16.5. The summed E-state index contributed by atoms with van der Waals surface area (Å²) in [5.41, 5.74) is 8.48. The molecule has 1 saturated carbocycles. The number of likely N-dealkylation sites (N-methyl/N-ethyl adjacent to an activating group) is 1. The van der Waals surface area contributed by atoms with Crippen LogP contribution in [0, 0.1) is 6.92 Å². The van der Waals surface area contributed by atoms with E-state index in [9.17, 15) is 0 Å². The van der Waals surface area contributed by atoms with Crippen molar-refractivity contribution in [3.8, 4) is 11.5 Å². The predicted octanol–water partition coefficient (Wildman–Crippen LogP) is 1.94. The van der Waals surface area contributed by atoms with Gasteiger partial charge in [0.2, 0.25) is 0 Å². The summed E-state index contributed by atoms with van der Waals surface area (Å²) in [5.74, 6) is 1.52. The molecule has 1 aliphatic rings. The van der Waals surface area contributed by atoms with Crippen molar-refractivity contribution in [3.05, 3.63) is 17.7 Å². The maximum atomic E-state index is 6.16. The fourth-order valence-corrected chi connectivity index (χ4v) is 2.26. The molecule has 4 heteroatoms. The number of hydrogen-bond donors (Lipinski definition) is 1. The molecule has 18 heavy (non-hydrogen) atoms. The quantitative estimate of drug-likeness (QED) is 0.867. The standard InChI is InChI=1S/C14H22N2O2/c1-10-7-12(17-3)13(18-4)8-11(10)16(2)9-14(15)5-6-14/h7-8H,5-6,9,15H2,1-4H3. The molecule has 2 rings (SSSR count). The summed E-state index contributed by atoms with van der Waals surface area (Å²) in [7, 11) is 5.38. The van der Waals surface area contributed by atoms with E-state index in [4.69, 9.17) is 15.2 Å². The lowest BCUT2D eigenvalue weighted by molar-refractivity contribution is 0.354. The van der Waals surface area contributed by atoms with E-state index in [2.05, 4.69) is 18.9 Å². The van der Waals surface area contributed by atoms with Gasteiger partial charge < -0.3 is 20.1 Å². The molecule has 0 aromatic heterocycles. The van der Waals surface area contributed by atoms with Gasteiger partial charge in [0.1, 0.15) is 0 Å². The molecule has 0 unspecified atom stereocenters. The van der Waals surface area contributed by atoms with E-state index >= 15 is 0 Å². The second-order valence-electron chi connectivity index (χ2n) is 5.21. The summed E-state index contributed by atoms with van der Waals surface area (Å²) >= 11 is 0. The Kier molecular flexibility index (Phi) is 3.39. The SMILES string of the molecule is COc1cc(C)c(N(C)CC2(N)CC2)cc1OC. The lowest BCUT2D eigenvalue weighted by Gasteiger charge is -2.25. The van der Waals surface area contributed by atoms with E-state index in [1.807, 2.05) is 12.1 Å². The first-order valence-electron chi connectivity index (χ1n) is 6.22. The van der Waals surface area contributed by atoms with Crippen molar-refractivity contribution < 1.29 is 9.47 Å². The van der Waals surface area contributed by atoms with Gasteiger partial charge in [-0.15, -0.1) is 0 Å². The molecular weight excluding hydrogens is 228 g/mol. The van der Waals surface area contributed by atoms with Crippen LogP contribution in [0.5, 0.6) is 11.5 Å². The van der Waals surface area contributed by atoms with Crippen molar-refractivity contribution in [2.75, 3.05) is 32.7 Å². The number of nitrogens with zero attached hydrogens (tertiary/aromatic N) is 1. The van der Waals surface area contributed by atoms with Crippen molar-refractivity contribution in [2.45, 2.75) is 25.3 Å². The van der Waals surface area contributed by atoms with Crippen LogP contribution >= 0.6 is 0 Å². The number of anilines is 1. The largest absolute Gasteiger partial charge is 0.493 e. The fourth-order valence-electron chi connectivity index (χ4n) is 2.26. The number of methoxy groups -OCH3 is 2. The molecule has 0 heterocycles. The van der Waals surface area contributed by atoms with E-state index in [1.165, 1.54) is 5.56 Å². The van der Waals surface area contributed by atoms with Crippen LogP contribution in [0.25, 0.3) is 0 Å². The molecule has 100 valence electrons. The summed E-state index contributed by atoms with van der Waals surface area (Å²) in [6, 6.07) is 4.01. The Morgan fingerprint density at radius 1 is 1.22 bits per heavy atom. The Labute approximate surface area is 109 Å². The highest BCUT2D eigenvalue weighted by Crippen LogP contribution is 2.37. The highest BCUT2D eigenvalue weighted by Gasteiger charge is 2.39. The van der Waals surface area contributed by atoms with Crippen LogP contribution in [0.3, 0.4) is 0 Å². The predicted molar refractivity (Wildman–Crippen MR) is 73.7 cm³/mol. The Balaban J connectivity index is 2.26. The van der Waals surface area contributed by atoms with E-state index in [1.54, 1.807) is 14.2 Å². The fraction of sp³-hybridized carbons (Fsp3) is 0.571. The Morgan fingerprint density at radius 2 is 1.78 bits per heavy atom. The molecule has 1 aromatic rings. The third-order valence-corrected chi connectivity index (χ3v) is 3.56. The molecule has 0 radical (unpaired) electrons. The van der Waals surface area contributed by atoms with Gasteiger partial charge in [-0.25, -0.2) is 0 Å². The van der Waals surface area contributed by atoms with Crippen LogP contribution in [0.15, 0.2) is 12.1 Å². The zero-order valence-electron chi connectivity index (χ0n) is 11.6. The molecule has 0 aliphatic heterocycles. The smallest absolute Gasteiger partial charge is 0.162 e. The van der Waals surface area contributed by atoms with Gasteiger partial charge in [0.15, 0.2) is 11.5 Å². The first-order chi connectivity index (χ1) is 8.49. The van der Waals surface area contributed by atoms with Gasteiger partial charge in [-0.3, -0.25) is 0 Å². The first kappa shape index (κ1) is 13.0. The Bertz CT molecular complexity index is 442. The average Bonchev–Trinajstić information content (AvgIpc) is 3.05. The van der Waals surface area contributed by atoms with Crippen LogP contribution < -0.4 is 20.1 Å². The van der Waals surface area contributed by atoms with Crippen LogP contribution in [0.2, 0.25) is 0 Å². The van der Waals surface area contributed by atoms with Gasteiger partial charge in [0, 0.05) is 30.9 Å². The van der Waals surface area contributed by atoms with Crippen LogP contribution in [0.4, 0.5) is 5.69 Å². The van der Waals surface area contributed by atoms with Gasteiger partial charge in [-0.2, -0.15) is 0 Å². The third-order valence-electron chi connectivity index (χ3n) is 3.56. The van der Waals surface area contributed by atoms with Crippen LogP contribution in [0.1, 0.15) is 18.4 Å². The summed E-state index contributed by atoms with van der Waals surface area (Å²) in [4.78, 5) is 2.20. The molecule has 1 aliphatic carbocycles. The van der Waals surface area contributed by atoms with E-state index in [-0.39, 0.29) is 5.54 Å². The Hall–Kier alpha value is -1.42. The molecule has 0 atom stereocenters. The van der Waals surface area contributed by atoms with Crippen molar-refractivity contribution >= 4 is 5.69 Å². The molecule has 0 saturated heterocycles. The van der Waals surface area contributed by atoms with Crippen molar-refractivity contribution in [2.24, 2.45) is 5.73 Å². The molecule has 0 spiro atoms. The number of benzene rings is 1. The van der Waals surface area contributed by atoms with E-state index in [0.29, 0.717) is 0 Å². The first-order valence-corrected chi connectivity index (χ1v) is 6.22. The summed E-state index contributed by atoms with van der Waals surface area (Å²) < 4.78 is 10.6. The molecular formula is C14H22N2O2. The molecule has 0 amide bonds. The zero-order valence-corrected chi connectivity index (χ0v) is 11.6. The molecule has 4 nitrogen and oxygen atoms in total. The van der Waals surface area contributed by atoms with Gasteiger partial charge in [0.25, 0.3) is 0 Å². The monoisotopic (exact) mass is 250 g/mol. The minimum absolute atomic E-state index is 0.00829. The van der Waals surface area contributed by atoms with Gasteiger partial charge >= 0.3 is 0 Å². The topological polar surface area (TPSA) is 47.7 Å². The average molecular weight is 250 g/mol. The minimum atomic E-state index is 0.00829. The maximum absolute atomic E-state index is 6.16. The van der Waals surface area contributed by atoms with Gasteiger partial charge in [0.05, 0.1) is 14.2 Å². The normalized spacial score (nSPS) is 16.3. The Morgan fingerprint density at radius 3 is 2.28 bits per heavy atom. The van der Waals surface area contributed by atoms with E-state index in [0.717, 1.165) is 36.6 Å². The van der Waals surface area contributed by atoms with E-state index < -0.39 is 0 Å². The second-order valence-corrected chi connectivity index (χ2v) is 5.21. The molecule has 0 bridgehead atoms. The third kappa shape index (κ3) is 2.53. The minimum Gasteiger partial charge on any atom is -0.493 e. The summed E-state index contributed by atoms with van der Waals surface area (Å²) in [6.45, 7) is 2.95. The second kappa shape index (κ2) is 4.69. The number of aryl methyl sites for hydroxylation is 1. The zero-order chi connectivity index (χ0) is 13.3. The highest BCUT2D eigenvalue weighted by molar-refractivity contribution is 5.61. The number of hydrogen-bond acceptors (Lipinski definition) is 4. The number of ether oxygens (including phenoxy) is 2. The lowest BCUT2D eigenvalue weighted by Crippen LogP contribution is -2.37. The maximum Gasteiger partial charge on any atom is 0.162 e. The van der Waals surface area contributed by atoms with Crippen molar-refractivity contribution in [1.82, 2.24) is 0 Å².